The first-order chi connectivity index (χ1) is 18.1. The summed E-state index contributed by atoms with van der Waals surface area (Å²) in [6.45, 7) is 0. The Kier molecular flexibility index (Phi) is 5.01. The summed E-state index contributed by atoms with van der Waals surface area (Å²) in [5.74, 6) is 1.42. The molecule has 1 aliphatic carbocycles. The van der Waals surface area contributed by atoms with Gasteiger partial charge in [0, 0.05) is 33.6 Å². The maximum atomic E-state index is 5.59. The normalized spacial score (nSPS) is 12.1. The van der Waals surface area contributed by atoms with Crippen LogP contribution >= 0.6 is 15.9 Å². The molecule has 0 spiro atoms. The van der Waals surface area contributed by atoms with Crippen LogP contribution in [-0.4, -0.2) is 34.0 Å². The summed E-state index contributed by atoms with van der Waals surface area (Å²) in [5.41, 5.74) is 8.83. The van der Waals surface area contributed by atoms with Crippen molar-refractivity contribution in [3.63, 3.8) is 0 Å². The molecule has 0 radical (unpaired) electrons. The summed E-state index contributed by atoms with van der Waals surface area (Å²) in [6.07, 6.45) is 2.69. The molecule has 0 unspecified atom stereocenters. The summed E-state index contributed by atoms with van der Waals surface area (Å²) in [4.78, 5) is 10.2. The van der Waals surface area contributed by atoms with E-state index in [1.165, 1.54) is 11.1 Å². The molecule has 1 aliphatic rings. The van der Waals surface area contributed by atoms with E-state index in [2.05, 4.69) is 40.2 Å². The van der Waals surface area contributed by atoms with Crippen molar-refractivity contribution in [2.24, 2.45) is 0 Å². The molecule has 0 fully saturated rings. The van der Waals surface area contributed by atoms with E-state index in [4.69, 9.17) is 24.5 Å². The zero-order chi connectivity index (χ0) is 25.1. The fourth-order valence-corrected chi connectivity index (χ4v) is 5.43. The van der Waals surface area contributed by atoms with Crippen molar-refractivity contribution in [3.8, 4) is 39.7 Å². The summed E-state index contributed by atoms with van der Waals surface area (Å²) in [5, 5.41) is 6.98. The highest BCUT2D eigenvalue weighted by Gasteiger charge is 2.26. The molecule has 0 atom stereocenters. The predicted octanol–water partition coefficient (Wildman–Crippen LogP) is 6.99. The average Bonchev–Trinajstić information content (AvgIpc) is 3.50. The van der Waals surface area contributed by atoms with Gasteiger partial charge in [-0.05, 0) is 53.6 Å². The number of rotatable bonds is 4. The van der Waals surface area contributed by atoms with Crippen LogP contribution in [0.2, 0.25) is 0 Å². The Morgan fingerprint density at radius 2 is 1.59 bits per heavy atom. The number of halogens is 1. The standard InChI is InChI=1S/C30H21BrN4O2/c1-36-24-14-18-12-19-13-20-16-32-30-26(28(20)33-27(19)23(18)15-25(24)37-2)29(17-8-10-21(31)11-9-17)34-35(30)22-6-4-3-5-7-22/h3-11,13-16H,12H2,1-2H3. The molecular formula is C30H21BrN4O2. The van der Waals surface area contributed by atoms with Crippen molar-refractivity contribution in [2.75, 3.05) is 14.2 Å². The topological polar surface area (TPSA) is 62.1 Å². The van der Waals surface area contributed by atoms with E-state index in [-0.39, 0.29) is 0 Å². The second-order valence-electron chi connectivity index (χ2n) is 9.03. The van der Waals surface area contributed by atoms with E-state index in [0.29, 0.717) is 5.75 Å². The van der Waals surface area contributed by atoms with Gasteiger partial charge in [-0.15, -0.1) is 0 Å². The number of pyridine rings is 2. The molecule has 0 aliphatic heterocycles. The Balaban J connectivity index is 1.54. The molecule has 6 nitrogen and oxygen atoms in total. The van der Waals surface area contributed by atoms with Gasteiger partial charge in [0.25, 0.3) is 0 Å². The minimum atomic E-state index is 0.698. The van der Waals surface area contributed by atoms with Crippen LogP contribution in [0.15, 0.2) is 83.5 Å². The van der Waals surface area contributed by atoms with E-state index < -0.39 is 0 Å². The van der Waals surface area contributed by atoms with E-state index in [1.807, 2.05) is 59.4 Å². The van der Waals surface area contributed by atoms with Crippen LogP contribution in [0.3, 0.4) is 0 Å². The highest BCUT2D eigenvalue weighted by molar-refractivity contribution is 9.10. The minimum absolute atomic E-state index is 0.698. The van der Waals surface area contributed by atoms with E-state index in [1.54, 1.807) is 14.2 Å². The summed E-state index contributed by atoms with van der Waals surface area (Å²) < 4.78 is 14.1. The highest BCUT2D eigenvalue weighted by atomic mass is 79.9. The Morgan fingerprint density at radius 3 is 2.35 bits per heavy atom. The number of ether oxygens (including phenoxy) is 2. The van der Waals surface area contributed by atoms with E-state index >= 15 is 0 Å². The molecule has 7 rings (SSSR count). The van der Waals surface area contributed by atoms with Gasteiger partial charge in [-0.2, -0.15) is 5.10 Å². The van der Waals surface area contributed by atoms with Crippen LogP contribution in [0, 0.1) is 0 Å². The second kappa shape index (κ2) is 8.42. The van der Waals surface area contributed by atoms with Crippen LogP contribution in [0.1, 0.15) is 11.1 Å². The monoisotopic (exact) mass is 548 g/mol. The number of aromatic nitrogens is 4. The molecule has 0 saturated carbocycles. The number of para-hydroxylation sites is 1. The first kappa shape index (κ1) is 22.0. The fraction of sp³-hybridized carbons (Fsp3) is 0.100. The number of nitrogens with zero attached hydrogens (tertiary/aromatic N) is 4. The Hall–Kier alpha value is -4.23. The zero-order valence-electron chi connectivity index (χ0n) is 20.2. The van der Waals surface area contributed by atoms with Gasteiger partial charge in [-0.1, -0.05) is 46.3 Å². The zero-order valence-corrected chi connectivity index (χ0v) is 21.8. The second-order valence-corrected chi connectivity index (χ2v) is 9.95. The van der Waals surface area contributed by atoms with E-state index in [0.717, 1.165) is 66.8 Å². The Labute approximate surface area is 221 Å². The van der Waals surface area contributed by atoms with E-state index in [9.17, 15) is 0 Å². The molecule has 3 aromatic heterocycles. The summed E-state index contributed by atoms with van der Waals surface area (Å²) in [7, 11) is 3.32. The van der Waals surface area contributed by atoms with Crippen molar-refractivity contribution < 1.29 is 9.47 Å². The van der Waals surface area contributed by atoms with Crippen LogP contribution in [-0.2, 0) is 6.42 Å². The number of hydrogen-bond donors (Lipinski definition) is 0. The molecule has 6 aromatic rings. The predicted molar refractivity (Wildman–Crippen MR) is 149 cm³/mol. The number of benzene rings is 3. The first-order valence-electron chi connectivity index (χ1n) is 11.9. The lowest BCUT2D eigenvalue weighted by molar-refractivity contribution is 0.355. The van der Waals surface area contributed by atoms with Crippen LogP contribution in [0.5, 0.6) is 11.5 Å². The molecule has 3 aromatic carbocycles. The van der Waals surface area contributed by atoms with Gasteiger partial charge in [0.2, 0.25) is 0 Å². The average molecular weight is 549 g/mol. The molecule has 37 heavy (non-hydrogen) atoms. The van der Waals surface area contributed by atoms with Gasteiger partial charge in [-0.25, -0.2) is 14.6 Å². The number of methoxy groups -OCH3 is 2. The number of hydrogen-bond acceptors (Lipinski definition) is 5. The first-order valence-corrected chi connectivity index (χ1v) is 12.7. The van der Waals surface area contributed by atoms with Crippen molar-refractivity contribution in [1.82, 2.24) is 19.7 Å². The lowest BCUT2D eigenvalue weighted by Gasteiger charge is -2.10. The van der Waals surface area contributed by atoms with Crippen molar-refractivity contribution in [2.45, 2.75) is 6.42 Å². The lowest BCUT2D eigenvalue weighted by atomic mass is 10.1. The SMILES string of the molecule is COc1cc2c(cc1OC)-c1nc3c(cnc4c3c(-c3ccc(Br)cc3)nn4-c3ccccc3)cc1C2. The molecule has 180 valence electrons. The maximum absolute atomic E-state index is 5.59. The summed E-state index contributed by atoms with van der Waals surface area (Å²) in [6, 6.07) is 24.6. The number of fused-ring (bicyclic) bond motifs is 6. The van der Waals surface area contributed by atoms with Crippen LogP contribution < -0.4 is 9.47 Å². The fourth-order valence-electron chi connectivity index (χ4n) is 5.17. The molecule has 0 bridgehead atoms. The molecule has 0 amide bonds. The van der Waals surface area contributed by atoms with Gasteiger partial charge in [0.1, 0.15) is 5.69 Å². The molecule has 7 heteroatoms. The van der Waals surface area contributed by atoms with Crippen molar-refractivity contribution in [1.29, 1.82) is 0 Å². The third-order valence-electron chi connectivity index (χ3n) is 6.92. The third kappa shape index (κ3) is 3.42. The van der Waals surface area contributed by atoms with Crippen molar-refractivity contribution in [3.05, 3.63) is 94.6 Å². The van der Waals surface area contributed by atoms with Gasteiger partial charge in [0.15, 0.2) is 17.1 Å². The lowest BCUT2D eigenvalue weighted by Crippen LogP contribution is -1.97. The quantitative estimate of drug-likeness (QED) is 0.237. The van der Waals surface area contributed by atoms with Crippen molar-refractivity contribution >= 4 is 37.9 Å². The van der Waals surface area contributed by atoms with Gasteiger partial charge in [0.05, 0.1) is 36.5 Å². The smallest absolute Gasteiger partial charge is 0.165 e. The maximum Gasteiger partial charge on any atom is 0.165 e. The van der Waals surface area contributed by atoms with Gasteiger partial charge in [-0.3, -0.25) is 0 Å². The largest absolute Gasteiger partial charge is 0.493 e. The molecule has 0 saturated heterocycles. The van der Waals surface area contributed by atoms with Gasteiger partial charge < -0.3 is 9.47 Å². The third-order valence-corrected chi connectivity index (χ3v) is 7.45. The molecule has 0 N–H and O–H groups in total. The highest BCUT2D eigenvalue weighted by Crippen LogP contribution is 2.44. The minimum Gasteiger partial charge on any atom is -0.493 e. The van der Waals surface area contributed by atoms with Crippen LogP contribution in [0.25, 0.3) is 50.1 Å². The Bertz CT molecular complexity index is 1830. The molecular weight excluding hydrogens is 528 g/mol. The summed E-state index contributed by atoms with van der Waals surface area (Å²) >= 11 is 3.55. The van der Waals surface area contributed by atoms with Gasteiger partial charge >= 0.3 is 0 Å². The molecule has 3 heterocycles. The Morgan fingerprint density at radius 1 is 0.838 bits per heavy atom. The van der Waals surface area contributed by atoms with Crippen LogP contribution in [0.4, 0.5) is 0 Å².